The first-order valence-corrected chi connectivity index (χ1v) is 20.1. The molecule has 0 bridgehead atoms. The van der Waals surface area contributed by atoms with Crippen molar-refractivity contribution in [2.75, 3.05) is 0 Å². The van der Waals surface area contributed by atoms with Crippen LogP contribution in [0.4, 0.5) is 0 Å². The number of allylic oxidation sites excluding steroid dienone is 11. The van der Waals surface area contributed by atoms with Gasteiger partial charge in [-0.25, -0.2) is 4.21 Å². The van der Waals surface area contributed by atoms with Crippen LogP contribution >= 0.6 is 0 Å². The molecule has 0 fully saturated rings. The number of rotatable bonds is 16. The molecule has 2 aliphatic rings. The van der Waals surface area contributed by atoms with E-state index in [0.29, 0.717) is 40.9 Å². The summed E-state index contributed by atoms with van der Waals surface area (Å²) in [5, 5.41) is -0.356. The Hall–Kier alpha value is -1.45. The van der Waals surface area contributed by atoms with Crippen molar-refractivity contribution >= 4 is 11.1 Å². The van der Waals surface area contributed by atoms with Gasteiger partial charge >= 0.3 is 0 Å². The third-order valence-electron chi connectivity index (χ3n) is 12.4. The van der Waals surface area contributed by atoms with Crippen LogP contribution in [0.1, 0.15) is 168 Å². The smallest absolute Gasteiger partial charge is 0.160 e. The van der Waals surface area contributed by atoms with Crippen LogP contribution in [0.15, 0.2) is 68.9 Å². The Balaban J connectivity index is 1.94. The third-order valence-corrected chi connectivity index (χ3v) is 13.2. The maximum atomic E-state index is 12.3. The van der Waals surface area contributed by atoms with Gasteiger partial charge in [-0.05, 0) is 147 Å². The molecule has 47 heavy (non-hydrogen) atoms. The Kier molecular flexibility index (Phi) is 16.4. The van der Waals surface area contributed by atoms with E-state index in [1.165, 1.54) is 60.8 Å². The molecule has 0 aromatic heterocycles. The Morgan fingerprint density at radius 1 is 0.723 bits per heavy atom. The minimum atomic E-state index is -1.88. The summed E-state index contributed by atoms with van der Waals surface area (Å²) >= 11 is -1.88. The molecule has 1 N–H and O–H groups in total. The van der Waals surface area contributed by atoms with Crippen LogP contribution in [-0.2, 0) is 11.1 Å². The van der Waals surface area contributed by atoms with Gasteiger partial charge in [-0.1, -0.05) is 124 Å². The summed E-state index contributed by atoms with van der Waals surface area (Å²) < 4.78 is 22.4. The van der Waals surface area contributed by atoms with Crippen molar-refractivity contribution in [2.45, 2.75) is 173 Å². The van der Waals surface area contributed by atoms with Crippen LogP contribution < -0.4 is 0 Å². The number of hydrogen-bond acceptors (Lipinski definition) is 1. The Bertz CT molecular complexity index is 1260. The van der Waals surface area contributed by atoms with Crippen LogP contribution in [-0.4, -0.2) is 14.0 Å². The molecule has 0 aliphatic heterocycles. The molecule has 0 heterocycles. The standard InChI is InChI=1S/C44H74O2S/c1-30(19-15-21-32(3)36(7)38(9)41-34(5)23-17-27-43(41,11)12)25-26-40(47(45)46)29-31(2)20-16-22-33(4)37(8)39(10)42-35(6)24-18-28-44(42,13)14/h21-22,25,29,36-40H,15-20,23-24,26-28H2,1-14H3,(H,45,46)/b30-25+,31-29+,32-21+,33-22+. The second kappa shape index (κ2) is 18.5. The second-order valence-electron chi connectivity index (χ2n) is 17.1. The van der Waals surface area contributed by atoms with Gasteiger partial charge in [0, 0.05) is 0 Å². The maximum absolute atomic E-state index is 12.3. The monoisotopic (exact) mass is 667 g/mol. The largest absolute Gasteiger partial charge is 0.306 e. The summed E-state index contributed by atoms with van der Waals surface area (Å²) in [5.74, 6) is 2.17. The van der Waals surface area contributed by atoms with E-state index in [-0.39, 0.29) is 5.25 Å². The molecule has 0 aromatic carbocycles. The van der Waals surface area contributed by atoms with Gasteiger partial charge in [0.1, 0.15) is 0 Å². The molecule has 0 saturated carbocycles. The molecule has 2 nitrogen and oxygen atoms in total. The molecular formula is C44H74O2S. The van der Waals surface area contributed by atoms with E-state index in [1.807, 2.05) is 6.08 Å². The van der Waals surface area contributed by atoms with Gasteiger partial charge in [0.2, 0.25) is 0 Å². The average Bonchev–Trinajstić information content (AvgIpc) is 2.96. The van der Waals surface area contributed by atoms with Crippen molar-refractivity contribution in [1.82, 2.24) is 0 Å². The molecule has 268 valence electrons. The van der Waals surface area contributed by atoms with E-state index < -0.39 is 11.1 Å². The fourth-order valence-electron chi connectivity index (χ4n) is 9.04. The van der Waals surface area contributed by atoms with Crippen LogP contribution in [0.25, 0.3) is 0 Å². The first kappa shape index (κ1) is 41.7. The van der Waals surface area contributed by atoms with Gasteiger partial charge in [0.25, 0.3) is 0 Å². The highest BCUT2D eigenvalue weighted by Crippen LogP contribution is 2.48. The zero-order valence-electron chi connectivity index (χ0n) is 33.2. The molecule has 2 aliphatic carbocycles. The van der Waals surface area contributed by atoms with Crippen LogP contribution in [0, 0.1) is 34.5 Å². The van der Waals surface area contributed by atoms with E-state index in [1.54, 1.807) is 22.3 Å². The molecule has 0 radical (unpaired) electrons. The van der Waals surface area contributed by atoms with E-state index in [2.05, 4.69) is 115 Å². The topological polar surface area (TPSA) is 37.3 Å². The lowest BCUT2D eigenvalue weighted by molar-refractivity contribution is 0.304. The third kappa shape index (κ3) is 12.1. The summed E-state index contributed by atoms with van der Waals surface area (Å²) in [6, 6.07) is 0. The molecule has 0 amide bonds. The molecule has 0 saturated heterocycles. The first-order chi connectivity index (χ1) is 21.8. The minimum Gasteiger partial charge on any atom is -0.306 e. The lowest BCUT2D eigenvalue weighted by Crippen LogP contribution is -2.28. The minimum absolute atomic E-state index is 0.299. The molecule has 3 heteroatoms. The lowest BCUT2D eigenvalue weighted by atomic mass is 9.65. The van der Waals surface area contributed by atoms with Crippen molar-refractivity contribution in [3.63, 3.8) is 0 Å². The Labute approximate surface area is 295 Å². The number of hydrogen-bond donors (Lipinski definition) is 1. The van der Waals surface area contributed by atoms with Gasteiger partial charge < -0.3 is 4.55 Å². The van der Waals surface area contributed by atoms with Gasteiger partial charge in [-0.2, -0.15) is 0 Å². The summed E-state index contributed by atoms with van der Waals surface area (Å²) in [7, 11) is 0. The van der Waals surface area contributed by atoms with Gasteiger partial charge in [0.05, 0.1) is 5.25 Å². The average molecular weight is 667 g/mol. The molecule has 6 unspecified atom stereocenters. The van der Waals surface area contributed by atoms with Gasteiger partial charge in [0.15, 0.2) is 11.1 Å². The fraction of sp³-hybridized carbons (Fsp3) is 0.727. The van der Waals surface area contributed by atoms with E-state index in [9.17, 15) is 8.76 Å². The van der Waals surface area contributed by atoms with Crippen molar-refractivity contribution in [3.8, 4) is 0 Å². The van der Waals surface area contributed by atoms with Crippen LogP contribution in [0.3, 0.4) is 0 Å². The summed E-state index contributed by atoms with van der Waals surface area (Å²) in [6.45, 7) is 32.9. The predicted octanol–water partition coefficient (Wildman–Crippen LogP) is 13.9. The normalized spacial score (nSPS) is 23.8. The molecule has 0 spiro atoms. The highest BCUT2D eigenvalue weighted by molar-refractivity contribution is 7.80. The predicted molar refractivity (Wildman–Crippen MR) is 210 cm³/mol. The van der Waals surface area contributed by atoms with Crippen molar-refractivity contribution in [2.24, 2.45) is 34.5 Å². The summed E-state index contributed by atoms with van der Waals surface area (Å²) in [6.07, 6.45) is 21.3. The molecule has 6 atom stereocenters. The molecule has 2 rings (SSSR count). The van der Waals surface area contributed by atoms with Gasteiger partial charge in [-0.3, -0.25) is 0 Å². The van der Waals surface area contributed by atoms with Crippen molar-refractivity contribution < 1.29 is 8.76 Å². The molecule has 0 aromatic rings. The van der Waals surface area contributed by atoms with E-state index in [0.717, 1.165) is 25.7 Å². The second-order valence-corrected chi connectivity index (χ2v) is 18.3. The summed E-state index contributed by atoms with van der Waals surface area (Å²) in [4.78, 5) is 0. The highest BCUT2D eigenvalue weighted by atomic mass is 32.2. The highest BCUT2D eigenvalue weighted by Gasteiger charge is 2.35. The quantitative estimate of drug-likeness (QED) is 0.131. The van der Waals surface area contributed by atoms with Crippen molar-refractivity contribution in [3.05, 3.63) is 68.9 Å². The zero-order valence-corrected chi connectivity index (χ0v) is 34.1. The maximum Gasteiger partial charge on any atom is 0.160 e. The Morgan fingerprint density at radius 3 is 1.51 bits per heavy atom. The Morgan fingerprint density at radius 2 is 1.13 bits per heavy atom. The van der Waals surface area contributed by atoms with Crippen LogP contribution in [0.2, 0.25) is 0 Å². The fourth-order valence-corrected chi connectivity index (χ4v) is 9.65. The summed E-state index contributed by atoms with van der Waals surface area (Å²) in [5.41, 5.74) is 12.7. The lowest BCUT2D eigenvalue weighted by Gasteiger charge is -2.40. The van der Waals surface area contributed by atoms with Crippen molar-refractivity contribution in [1.29, 1.82) is 0 Å². The van der Waals surface area contributed by atoms with E-state index in [4.69, 9.17) is 0 Å². The zero-order chi connectivity index (χ0) is 35.7. The van der Waals surface area contributed by atoms with Gasteiger partial charge in [-0.15, -0.1) is 0 Å². The van der Waals surface area contributed by atoms with Crippen LogP contribution in [0.5, 0.6) is 0 Å². The first-order valence-electron chi connectivity index (χ1n) is 19.0. The SMILES string of the molecule is CC1=C(C(C)C(C)/C(C)=C/CC/C(C)=C/CC(/C=C(\C)CC/C=C(\C)C(C)C(C)C2=C(C)CCCC2(C)C)S(=O)O)C(C)(C)CCC1. The van der Waals surface area contributed by atoms with E-state index >= 15 is 0 Å². The molecular weight excluding hydrogens is 593 g/mol.